The van der Waals surface area contributed by atoms with Crippen molar-refractivity contribution in [3.63, 3.8) is 0 Å². The van der Waals surface area contributed by atoms with E-state index in [0.717, 1.165) is 6.42 Å². The van der Waals surface area contributed by atoms with Crippen molar-refractivity contribution in [3.8, 4) is 0 Å². The number of esters is 1. The summed E-state index contributed by atoms with van der Waals surface area (Å²) in [4.78, 5) is 10.6. The highest BCUT2D eigenvalue weighted by molar-refractivity contribution is 5.71. The molecule has 1 heterocycles. The molecule has 0 spiro atoms. The maximum absolute atomic E-state index is 10.6. The van der Waals surface area contributed by atoms with E-state index in [1.807, 2.05) is 19.9 Å². The van der Waals surface area contributed by atoms with E-state index in [-0.39, 0.29) is 12.1 Å². The number of allylic oxidation sites excluding steroid dienone is 1. The second-order valence-corrected chi connectivity index (χ2v) is 2.81. The molecule has 0 bridgehead atoms. The van der Waals surface area contributed by atoms with E-state index in [1.165, 1.54) is 5.57 Å². The molecule has 0 radical (unpaired) electrons. The van der Waals surface area contributed by atoms with Gasteiger partial charge in [0.1, 0.15) is 6.10 Å². The Hall–Kier alpha value is -0.790. The lowest BCUT2D eigenvalue weighted by atomic mass is 10.2. The van der Waals surface area contributed by atoms with Gasteiger partial charge < -0.3 is 4.74 Å². The Morgan fingerprint density at radius 3 is 2.80 bits per heavy atom. The highest BCUT2D eigenvalue weighted by Gasteiger charge is 2.20. The molecule has 56 valence electrons. The van der Waals surface area contributed by atoms with Gasteiger partial charge in [0.2, 0.25) is 0 Å². The molecule has 2 nitrogen and oxygen atoms in total. The Morgan fingerprint density at radius 2 is 2.40 bits per heavy atom. The van der Waals surface area contributed by atoms with Gasteiger partial charge in [-0.2, -0.15) is 0 Å². The normalized spacial score (nSPS) is 24.2. The molecular formula is C8H12O2. The molecule has 1 saturated heterocycles. The molecule has 2 heteroatoms. The van der Waals surface area contributed by atoms with Gasteiger partial charge in [0.25, 0.3) is 0 Å². The second-order valence-electron chi connectivity index (χ2n) is 2.81. The molecule has 1 fully saturated rings. The van der Waals surface area contributed by atoms with Crippen LogP contribution in [0.15, 0.2) is 11.6 Å². The maximum Gasteiger partial charge on any atom is 0.306 e. The van der Waals surface area contributed by atoms with Crippen molar-refractivity contribution in [1.29, 1.82) is 0 Å². The van der Waals surface area contributed by atoms with Crippen LogP contribution in [0.25, 0.3) is 0 Å². The zero-order valence-corrected chi connectivity index (χ0v) is 6.39. The molecule has 1 atom stereocenters. The molecule has 0 aromatic rings. The van der Waals surface area contributed by atoms with Crippen molar-refractivity contribution < 1.29 is 9.53 Å². The fourth-order valence-electron chi connectivity index (χ4n) is 1.04. The van der Waals surface area contributed by atoms with E-state index in [0.29, 0.717) is 6.42 Å². The number of carbonyl (C=O) groups excluding carboxylic acids is 1. The number of rotatable bonds is 1. The molecule has 0 aliphatic carbocycles. The lowest BCUT2D eigenvalue weighted by Gasteiger charge is -2.01. The molecule has 1 aliphatic rings. The Balaban J connectivity index is 2.46. The van der Waals surface area contributed by atoms with Crippen LogP contribution in [0.5, 0.6) is 0 Å². The summed E-state index contributed by atoms with van der Waals surface area (Å²) in [7, 11) is 0. The van der Waals surface area contributed by atoms with E-state index < -0.39 is 0 Å². The third-order valence-corrected chi connectivity index (χ3v) is 1.44. The lowest BCUT2D eigenvalue weighted by molar-refractivity contribution is -0.140. The second kappa shape index (κ2) is 2.86. The van der Waals surface area contributed by atoms with Crippen LogP contribution >= 0.6 is 0 Å². The number of hydrogen-bond donors (Lipinski definition) is 0. The molecule has 0 N–H and O–H groups in total. The van der Waals surface area contributed by atoms with Gasteiger partial charge in [-0.3, -0.25) is 4.79 Å². The van der Waals surface area contributed by atoms with Crippen molar-refractivity contribution in [3.05, 3.63) is 11.6 Å². The first kappa shape index (κ1) is 7.32. The van der Waals surface area contributed by atoms with Crippen LogP contribution in [-0.2, 0) is 9.53 Å². The molecular weight excluding hydrogens is 128 g/mol. The molecule has 0 aromatic heterocycles. The molecule has 10 heavy (non-hydrogen) atoms. The van der Waals surface area contributed by atoms with Gasteiger partial charge in [-0.15, -0.1) is 0 Å². The van der Waals surface area contributed by atoms with Crippen LogP contribution in [0, 0.1) is 0 Å². The first-order valence-corrected chi connectivity index (χ1v) is 3.53. The highest BCUT2D eigenvalue weighted by atomic mass is 16.5. The quantitative estimate of drug-likeness (QED) is 0.409. The number of ether oxygens (including phenoxy) is 1. The monoisotopic (exact) mass is 140 g/mol. The lowest BCUT2D eigenvalue weighted by Crippen LogP contribution is -2.02. The number of carbonyl (C=O) groups is 1. The van der Waals surface area contributed by atoms with Crippen molar-refractivity contribution in [2.45, 2.75) is 32.8 Å². The van der Waals surface area contributed by atoms with Gasteiger partial charge >= 0.3 is 5.97 Å². The summed E-state index contributed by atoms with van der Waals surface area (Å²) in [6.45, 7) is 4.01. The Bertz CT molecular complexity index is 166. The van der Waals surface area contributed by atoms with Crippen LogP contribution in [0.2, 0.25) is 0 Å². The van der Waals surface area contributed by atoms with Crippen molar-refractivity contribution in [1.82, 2.24) is 0 Å². The van der Waals surface area contributed by atoms with Crippen LogP contribution < -0.4 is 0 Å². The fraction of sp³-hybridized carbons (Fsp3) is 0.625. The first-order chi connectivity index (χ1) is 4.68. The first-order valence-electron chi connectivity index (χ1n) is 3.53. The standard InChI is InChI=1S/C8H12O2/c1-6(2)5-7-3-4-8(9)10-7/h5,7H,3-4H2,1-2H3/t7-/m1/s1. The number of cyclic esters (lactones) is 1. The van der Waals surface area contributed by atoms with Crippen LogP contribution in [0.3, 0.4) is 0 Å². The fourth-order valence-corrected chi connectivity index (χ4v) is 1.04. The molecule has 1 rings (SSSR count). The summed E-state index contributed by atoms with van der Waals surface area (Å²) in [5.74, 6) is -0.0671. The molecule has 0 aromatic carbocycles. The third kappa shape index (κ3) is 1.87. The van der Waals surface area contributed by atoms with Gasteiger partial charge in [0, 0.05) is 6.42 Å². The van der Waals surface area contributed by atoms with Crippen LogP contribution in [-0.4, -0.2) is 12.1 Å². The Labute approximate surface area is 60.9 Å². The largest absolute Gasteiger partial charge is 0.458 e. The van der Waals surface area contributed by atoms with E-state index in [9.17, 15) is 4.79 Å². The number of hydrogen-bond acceptors (Lipinski definition) is 2. The zero-order chi connectivity index (χ0) is 7.56. The molecule has 1 aliphatic heterocycles. The molecule has 0 saturated carbocycles. The van der Waals surface area contributed by atoms with E-state index in [4.69, 9.17) is 4.74 Å². The van der Waals surface area contributed by atoms with Gasteiger partial charge in [-0.05, 0) is 26.3 Å². The topological polar surface area (TPSA) is 26.3 Å². The SMILES string of the molecule is CC(C)=C[C@H]1CCC(=O)O1. The van der Waals surface area contributed by atoms with E-state index in [1.54, 1.807) is 0 Å². The van der Waals surface area contributed by atoms with E-state index >= 15 is 0 Å². The summed E-state index contributed by atoms with van der Waals surface area (Å²) in [6, 6.07) is 0. The van der Waals surface area contributed by atoms with Gasteiger partial charge in [-0.25, -0.2) is 0 Å². The average Bonchev–Trinajstić information content (AvgIpc) is 2.13. The van der Waals surface area contributed by atoms with Gasteiger partial charge in [0.15, 0.2) is 0 Å². The van der Waals surface area contributed by atoms with Gasteiger partial charge in [-0.1, -0.05) is 5.57 Å². The minimum atomic E-state index is -0.0671. The van der Waals surface area contributed by atoms with Gasteiger partial charge in [0.05, 0.1) is 0 Å². The summed E-state index contributed by atoms with van der Waals surface area (Å²) in [6.07, 6.45) is 3.47. The Morgan fingerprint density at radius 1 is 1.70 bits per heavy atom. The smallest absolute Gasteiger partial charge is 0.306 e. The summed E-state index contributed by atoms with van der Waals surface area (Å²) in [5, 5.41) is 0. The average molecular weight is 140 g/mol. The zero-order valence-electron chi connectivity index (χ0n) is 6.39. The predicted octanol–water partition coefficient (Wildman–Crippen LogP) is 1.66. The van der Waals surface area contributed by atoms with Crippen LogP contribution in [0.1, 0.15) is 26.7 Å². The molecule has 0 amide bonds. The van der Waals surface area contributed by atoms with Crippen molar-refractivity contribution in [2.24, 2.45) is 0 Å². The summed E-state index contributed by atoms with van der Waals surface area (Å²) in [5.41, 5.74) is 1.21. The van der Waals surface area contributed by atoms with Crippen molar-refractivity contribution in [2.75, 3.05) is 0 Å². The summed E-state index contributed by atoms with van der Waals surface area (Å²) >= 11 is 0. The Kier molecular flexibility index (Phi) is 2.10. The predicted molar refractivity (Wildman–Crippen MR) is 38.5 cm³/mol. The highest BCUT2D eigenvalue weighted by Crippen LogP contribution is 2.15. The third-order valence-electron chi connectivity index (χ3n) is 1.44. The van der Waals surface area contributed by atoms with Crippen molar-refractivity contribution >= 4 is 5.97 Å². The summed E-state index contributed by atoms with van der Waals surface area (Å²) < 4.78 is 4.96. The minimum absolute atomic E-state index is 0.0532. The van der Waals surface area contributed by atoms with Crippen LogP contribution in [0.4, 0.5) is 0 Å². The molecule has 0 unspecified atom stereocenters. The minimum Gasteiger partial charge on any atom is -0.458 e. The maximum atomic E-state index is 10.6. The van der Waals surface area contributed by atoms with E-state index in [2.05, 4.69) is 0 Å².